The van der Waals surface area contributed by atoms with Gasteiger partial charge in [0.1, 0.15) is 0 Å². The van der Waals surface area contributed by atoms with Crippen molar-refractivity contribution >= 4 is 0 Å². The minimum Gasteiger partial charge on any atom is -0.378 e. The first-order valence-corrected chi connectivity index (χ1v) is 5.64. The summed E-state index contributed by atoms with van der Waals surface area (Å²) >= 11 is 0. The first-order chi connectivity index (χ1) is 6.70. The van der Waals surface area contributed by atoms with E-state index in [4.69, 9.17) is 9.47 Å². The lowest BCUT2D eigenvalue weighted by Crippen LogP contribution is -2.30. The topological polar surface area (TPSA) is 30.5 Å². The maximum atomic E-state index is 5.49. The molecule has 0 radical (unpaired) electrons. The SMILES string of the molecule is CC(C)OCCNCC1CCOC1C. The third-order valence-corrected chi connectivity index (χ3v) is 2.67. The zero-order chi connectivity index (χ0) is 10.4. The van der Waals surface area contributed by atoms with Gasteiger partial charge >= 0.3 is 0 Å². The van der Waals surface area contributed by atoms with Crippen molar-refractivity contribution in [2.24, 2.45) is 5.92 Å². The van der Waals surface area contributed by atoms with Crippen LogP contribution in [0.2, 0.25) is 0 Å². The van der Waals surface area contributed by atoms with Gasteiger partial charge in [0.2, 0.25) is 0 Å². The van der Waals surface area contributed by atoms with E-state index in [-0.39, 0.29) is 0 Å². The quantitative estimate of drug-likeness (QED) is 0.659. The predicted octanol–water partition coefficient (Wildman–Crippen LogP) is 1.43. The van der Waals surface area contributed by atoms with E-state index in [1.54, 1.807) is 0 Å². The summed E-state index contributed by atoms with van der Waals surface area (Å²) in [5.74, 6) is 0.689. The van der Waals surface area contributed by atoms with Gasteiger partial charge in [-0.1, -0.05) is 0 Å². The van der Waals surface area contributed by atoms with Crippen LogP contribution in [0.15, 0.2) is 0 Å². The van der Waals surface area contributed by atoms with Gasteiger partial charge in [0.15, 0.2) is 0 Å². The van der Waals surface area contributed by atoms with Gasteiger partial charge in [0, 0.05) is 19.7 Å². The van der Waals surface area contributed by atoms with Crippen molar-refractivity contribution in [3.8, 4) is 0 Å². The summed E-state index contributed by atoms with van der Waals surface area (Å²) in [7, 11) is 0. The van der Waals surface area contributed by atoms with Crippen molar-refractivity contribution in [2.45, 2.75) is 39.4 Å². The van der Waals surface area contributed by atoms with Crippen LogP contribution in [0.4, 0.5) is 0 Å². The average Bonchev–Trinajstić information content (AvgIpc) is 2.51. The Labute approximate surface area is 87.2 Å². The van der Waals surface area contributed by atoms with Crippen LogP contribution in [0, 0.1) is 5.92 Å². The average molecular weight is 201 g/mol. The second-order valence-electron chi connectivity index (χ2n) is 4.25. The third kappa shape index (κ3) is 4.40. The fourth-order valence-electron chi connectivity index (χ4n) is 1.70. The molecule has 1 heterocycles. The fourth-order valence-corrected chi connectivity index (χ4v) is 1.70. The van der Waals surface area contributed by atoms with E-state index in [9.17, 15) is 0 Å². The predicted molar refractivity (Wildman–Crippen MR) is 57.5 cm³/mol. The van der Waals surface area contributed by atoms with Gasteiger partial charge in [0.25, 0.3) is 0 Å². The highest BCUT2D eigenvalue weighted by molar-refractivity contribution is 4.74. The summed E-state index contributed by atoms with van der Waals surface area (Å²) in [6.07, 6.45) is 1.96. The molecule has 1 aliphatic rings. The highest BCUT2D eigenvalue weighted by Gasteiger charge is 2.23. The van der Waals surface area contributed by atoms with Crippen molar-refractivity contribution in [1.82, 2.24) is 5.32 Å². The van der Waals surface area contributed by atoms with E-state index in [1.807, 2.05) is 0 Å². The summed E-state index contributed by atoms with van der Waals surface area (Å²) in [5.41, 5.74) is 0. The van der Waals surface area contributed by atoms with Gasteiger partial charge in [-0.15, -0.1) is 0 Å². The molecule has 0 bridgehead atoms. The third-order valence-electron chi connectivity index (χ3n) is 2.67. The van der Waals surface area contributed by atoms with Crippen LogP contribution in [0.5, 0.6) is 0 Å². The molecule has 3 heteroatoms. The normalized spacial score (nSPS) is 27.4. The number of hydrogen-bond donors (Lipinski definition) is 1. The smallest absolute Gasteiger partial charge is 0.0594 e. The molecule has 1 saturated heterocycles. The first-order valence-electron chi connectivity index (χ1n) is 5.64. The van der Waals surface area contributed by atoms with Gasteiger partial charge in [-0.05, 0) is 33.1 Å². The van der Waals surface area contributed by atoms with Crippen molar-refractivity contribution in [3.05, 3.63) is 0 Å². The molecule has 0 aromatic carbocycles. The van der Waals surface area contributed by atoms with Crippen molar-refractivity contribution in [1.29, 1.82) is 0 Å². The molecule has 2 atom stereocenters. The Morgan fingerprint density at radius 2 is 2.29 bits per heavy atom. The Bertz CT molecular complexity index is 150. The fraction of sp³-hybridized carbons (Fsp3) is 1.00. The Kier molecular flexibility index (Phi) is 5.45. The maximum Gasteiger partial charge on any atom is 0.0594 e. The Balaban J connectivity index is 1.93. The Morgan fingerprint density at radius 3 is 2.86 bits per heavy atom. The second kappa shape index (κ2) is 6.38. The Morgan fingerprint density at radius 1 is 1.50 bits per heavy atom. The van der Waals surface area contributed by atoms with Crippen LogP contribution < -0.4 is 5.32 Å². The number of rotatable bonds is 6. The molecule has 0 aromatic heterocycles. The lowest BCUT2D eigenvalue weighted by atomic mass is 10.0. The molecule has 1 fully saturated rings. The largest absolute Gasteiger partial charge is 0.378 e. The van der Waals surface area contributed by atoms with Gasteiger partial charge in [-0.2, -0.15) is 0 Å². The Hall–Kier alpha value is -0.120. The van der Waals surface area contributed by atoms with Crippen LogP contribution >= 0.6 is 0 Å². The maximum absolute atomic E-state index is 5.49. The highest BCUT2D eigenvalue weighted by atomic mass is 16.5. The van der Waals surface area contributed by atoms with Crippen LogP contribution in [0.25, 0.3) is 0 Å². The van der Waals surface area contributed by atoms with Crippen LogP contribution in [-0.4, -0.2) is 38.5 Å². The van der Waals surface area contributed by atoms with E-state index < -0.39 is 0 Å². The molecule has 1 rings (SSSR count). The molecule has 14 heavy (non-hydrogen) atoms. The van der Waals surface area contributed by atoms with E-state index in [1.165, 1.54) is 6.42 Å². The standard InChI is InChI=1S/C11H23NO2/c1-9(2)13-7-5-12-8-11-4-6-14-10(11)3/h9-12H,4-8H2,1-3H3. The number of nitrogens with one attached hydrogen (secondary N) is 1. The minimum absolute atomic E-state index is 0.338. The zero-order valence-electron chi connectivity index (χ0n) is 9.58. The molecule has 2 unspecified atom stereocenters. The molecule has 1 aliphatic heterocycles. The molecular formula is C11H23NO2. The van der Waals surface area contributed by atoms with Gasteiger partial charge in [-0.25, -0.2) is 0 Å². The summed E-state index contributed by atoms with van der Waals surface area (Å²) in [4.78, 5) is 0. The van der Waals surface area contributed by atoms with Crippen LogP contribution in [0.3, 0.4) is 0 Å². The van der Waals surface area contributed by atoms with Crippen molar-refractivity contribution < 1.29 is 9.47 Å². The van der Waals surface area contributed by atoms with Crippen LogP contribution in [-0.2, 0) is 9.47 Å². The molecule has 0 aliphatic carbocycles. The molecule has 1 N–H and O–H groups in total. The van der Waals surface area contributed by atoms with Gasteiger partial charge in [0.05, 0.1) is 18.8 Å². The molecule has 0 saturated carbocycles. The molecule has 0 spiro atoms. The van der Waals surface area contributed by atoms with Crippen molar-refractivity contribution in [3.63, 3.8) is 0 Å². The summed E-state index contributed by atoms with van der Waals surface area (Å²) in [6, 6.07) is 0. The molecule has 0 aromatic rings. The van der Waals surface area contributed by atoms with E-state index in [0.717, 1.165) is 26.3 Å². The monoisotopic (exact) mass is 201 g/mol. The van der Waals surface area contributed by atoms with E-state index >= 15 is 0 Å². The number of hydrogen-bond acceptors (Lipinski definition) is 3. The molecule has 84 valence electrons. The summed E-state index contributed by atoms with van der Waals surface area (Å²) < 4.78 is 10.9. The van der Waals surface area contributed by atoms with Gasteiger partial charge in [-0.3, -0.25) is 0 Å². The minimum atomic E-state index is 0.338. The highest BCUT2D eigenvalue weighted by Crippen LogP contribution is 2.18. The first kappa shape index (κ1) is 12.0. The molecular weight excluding hydrogens is 178 g/mol. The van der Waals surface area contributed by atoms with E-state index in [2.05, 4.69) is 26.1 Å². The van der Waals surface area contributed by atoms with Gasteiger partial charge < -0.3 is 14.8 Å². The van der Waals surface area contributed by atoms with Crippen LogP contribution in [0.1, 0.15) is 27.2 Å². The lowest BCUT2D eigenvalue weighted by Gasteiger charge is -2.15. The summed E-state index contributed by atoms with van der Waals surface area (Å²) in [5, 5.41) is 3.41. The summed E-state index contributed by atoms with van der Waals surface area (Å²) in [6.45, 7) is 10.0. The van der Waals surface area contributed by atoms with E-state index in [0.29, 0.717) is 18.1 Å². The molecule has 0 amide bonds. The van der Waals surface area contributed by atoms with Crippen molar-refractivity contribution in [2.75, 3.05) is 26.3 Å². The lowest BCUT2D eigenvalue weighted by molar-refractivity contribution is 0.0780. The zero-order valence-corrected chi connectivity index (χ0v) is 9.58. The second-order valence-corrected chi connectivity index (χ2v) is 4.25. The number of ether oxygens (including phenoxy) is 2. The molecule has 3 nitrogen and oxygen atoms in total.